The molecule has 0 spiro atoms. The van der Waals surface area contributed by atoms with Crippen LogP contribution in [-0.2, 0) is 6.54 Å². The summed E-state index contributed by atoms with van der Waals surface area (Å²) in [5.74, 6) is -0.754. The third-order valence-electron chi connectivity index (χ3n) is 4.40. The summed E-state index contributed by atoms with van der Waals surface area (Å²) in [4.78, 5) is 13.5. The minimum absolute atomic E-state index is 0.0403. The zero-order valence-corrected chi connectivity index (χ0v) is 13.2. The molecule has 1 aliphatic heterocycles. The molecule has 2 heterocycles. The van der Waals surface area contributed by atoms with E-state index in [1.807, 2.05) is 0 Å². The molecule has 0 amide bonds. The van der Waals surface area contributed by atoms with Crippen molar-refractivity contribution in [3.8, 4) is 5.75 Å². The van der Waals surface area contributed by atoms with Gasteiger partial charge in [-0.15, -0.1) is 0 Å². The van der Waals surface area contributed by atoms with Crippen LogP contribution < -0.4 is 10.4 Å². The number of rotatable bonds is 3. The van der Waals surface area contributed by atoms with Crippen LogP contribution in [0.5, 0.6) is 5.75 Å². The first kappa shape index (κ1) is 16.8. The molecule has 0 unspecified atom stereocenters. The van der Waals surface area contributed by atoms with Gasteiger partial charge in [-0.2, -0.15) is 13.2 Å². The van der Waals surface area contributed by atoms with E-state index >= 15 is 0 Å². The van der Waals surface area contributed by atoms with Gasteiger partial charge in [0.1, 0.15) is 11.3 Å². The normalized spacial score (nSPS) is 19.6. The largest absolute Gasteiger partial charge is 0.497 e. The lowest BCUT2D eigenvalue weighted by Gasteiger charge is -2.33. The summed E-state index contributed by atoms with van der Waals surface area (Å²) >= 11 is 0. The highest BCUT2D eigenvalue weighted by Gasteiger charge is 2.41. The van der Waals surface area contributed by atoms with Crippen LogP contribution in [0, 0.1) is 5.92 Å². The molecular weight excluding hydrogens is 323 g/mol. The zero-order chi connectivity index (χ0) is 17.3. The maximum Gasteiger partial charge on any atom is 0.393 e. The number of likely N-dealkylation sites (tertiary alicyclic amines) is 1. The van der Waals surface area contributed by atoms with Gasteiger partial charge < -0.3 is 9.15 Å². The monoisotopic (exact) mass is 341 g/mol. The van der Waals surface area contributed by atoms with Gasteiger partial charge in [-0.1, -0.05) is 0 Å². The maximum atomic E-state index is 12.9. The van der Waals surface area contributed by atoms with Crippen molar-refractivity contribution in [2.24, 2.45) is 5.92 Å². The van der Waals surface area contributed by atoms with E-state index in [4.69, 9.17) is 9.15 Å². The fraction of sp³-hybridized carbons (Fsp3) is 0.471. The second kappa shape index (κ2) is 6.47. The van der Waals surface area contributed by atoms with Gasteiger partial charge in [0.2, 0.25) is 0 Å². The summed E-state index contributed by atoms with van der Waals surface area (Å²) in [5.41, 5.74) is 0.531. The highest BCUT2D eigenvalue weighted by Crippen LogP contribution is 2.34. The average molecular weight is 341 g/mol. The summed E-state index contributed by atoms with van der Waals surface area (Å²) in [6.45, 7) is 0.840. The number of piperidine rings is 1. The molecule has 0 N–H and O–H groups in total. The Kier molecular flexibility index (Phi) is 4.54. The van der Waals surface area contributed by atoms with Gasteiger partial charge in [-0.05, 0) is 37.1 Å². The van der Waals surface area contributed by atoms with Gasteiger partial charge in [-0.25, -0.2) is 4.79 Å². The molecule has 130 valence electrons. The van der Waals surface area contributed by atoms with E-state index in [-0.39, 0.29) is 13.0 Å². The number of benzene rings is 1. The van der Waals surface area contributed by atoms with Crippen molar-refractivity contribution < 1.29 is 22.3 Å². The lowest BCUT2D eigenvalue weighted by Crippen LogP contribution is -2.41. The van der Waals surface area contributed by atoms with Crippen molar-refractivity contribution in [1.29, 1.82) is 0 Å². The number of ether oxygens (including phenoxy) is 1. The third kappa shape index (κ3) is 3.56. The van der Waals surface area contributed by atoms with Crippen molar-refractivity contribution in [1.82, 2.24) is 4.90 Å². The van der Waals surface area contributed by atoms with Crippen molar-refractivity contribution in [3.05, 3.63) is 40.2 Å². The Balaban J connectivity index is 1.88. The molecule has 7 heteroatoms. The molecule has 1 aromatic carbocycles. The Morgan fingerprint density at radius 1 is 1.33 bits per heavy atom. The van der Waals surface area contributed by atoms with E-state index in [0.717, 1.165) is 0 Å². The molecule has 1 fully saturated rings. The molecule has 0 saturated carbocycles. The smallest absolute Gasteiger partial charge is 0.393 e. The zero-order valence-electron chi connectivity index (χ0n) is 13.2. The van der Waals surface area contributed by atoms with Gasteiger partial charge >= 0.3 is 11.8 Å². The van der Waals surface area contributed by atoms with Crippen LogP contribution in [0.1, 0.15) is 18.4 Å². The van der Waals surface area contributed by atoms with Gasteiger partial charge in [0.05, 0.1) is 13.0 Å². The molecule has 2 aromatic rings. The quantitative estimate of drug-likeness (QED) is 0.801. The molecule has 3 rings (SSSR count). The SMILES string of the molecule is COc1ccc2c(CN3CCC[C@H](C(F)(F)F)C3)cc(=O)oc2c1. The van der Waals surface area contributed by atoms with Crippen LogP contribution in [-0.4, -0.2) is 31.3 Å². The minimum atomic E-state index is -4.18. The van der Waals surface area contributed by atoms with Crippen LogP contribution in [0.15, 0.2) is 33.5 Å². The number of halogens is 3. The van der Waals surface area contributed by atoms with E-state index in [0.29, 0.717) is 41.8 Å². The molecule has 24 heavy (non-hydrogen) atoms. The van der Waals surface area contributed by atoms with Crippen molar-refractivity contribution in [2.75, 3.05) is 20.2 Å². The first-order valence-electron chi connectivity index (χ1n) is 7.76. The lowest BCUT2D eigenvalue weighted by molar-refractivity contribution is -0.187. The molecule has 1 aliphatic rings. The second-order valence-corrected chi connectivity index (χ2v) is 6.07. The van der Waals surface area contributed by atoms with E-state index < -0.39 is 17.7 Å². The van der Waals surface area contributed by atoms with Gasteiger partial charge in [0.15, 0.2) is 0 Å². The van der Waals surface area contributed by atoms with Crippen LogP contribution >= 0.6 is 0 Å². The maximum absolute atomic E-state index is 12.9. The predicted octanol–water partition coefficient (Wildman–Crippen LogP) is 3.58. The Morgan fingerprint density at radius 3 is 2.83 bits per heavy atom. The number of hydrogen-bond acceptors (Lipinski definition) is 4. The highest BCUT2D eigenvalue weighted by atomic mass is 19.4. The summed E-state index contributed by atoms with van der Waals surface area (Å²) in [6.07, 6.45) is -3.52. The van der Waals surface area contributed by atoms with Crippen LogP contribution in [0.2, 0.25) is 0 Å². The van der Waals surface area contributed by atoms with Crippen molar-refractivity contribution in [3.63, 3.8) is 0 Å². The van der Waals surface area contributed by atoms with Crippen molar-refractivity contribution >= 4 is 11.0 Å². The number of fused-ring (bicyclic) bond motifs is 1. The van der Waals surface area contributed by atoms with E-state index in [1.54, 1.807) is 23.1 Å². The second-order valence-electron chi connectivity index (χ2n) is 6.07. The summed E-state index contributed by atoms with van der Waals surface area (Å²) in [6, 6.07) is 6.46. The van der Waals surface area contributed by atoms with Crippen LogP contribution in [0.3, 0.4) is 0 Å². The van der Waals surface area contributed by atoms with Crippen LogP contribution in [0.4, 0.5) is 13.2 Å². The molecule has 1 saturated heterocycles. The molecule has 0 bridgehead atoms. The van der Waals surface area contributed by atoms with Gasteiger partial charge in [-0.3, -0.25) is 4.90 Å². The molecule has 0 aliphatic carbocycles. The van der Waals surface area contributed by atoms with Gasteiger partial charge in [0, 0.05) is 30.6 Å². The molecule has 0 radical (unpaired) electrons. The Labute approximate surface area is 136 Å². The number of alkyl halides is 3. The number of nitrogens with zero attached hydrogens (tertiary/aromatic N) is 1. The number of hydrogen-bond donors (Lipinski definition) is 0. The standard InChI is InChI=1S/C17H18F3NO3/c1-23-13-4-5-14-11(7-16(22)24-15(14)8-13)9-21-6-2-3-12(10-21)17(18,19)20/h4-5,7-8,12H,2-3,6,9-10H2,1H3/t12-/m0/s1. The molecule has 4 nitrogen and oxygen atoms in total. The van der Waals surface area contributed by atoms with Crippen molar-refractivity contribution in [2.45, 2.75) is 25.6 Å². The van der Waals surface area contributed by atoms with E-state index in [2.05, 4.69) is 0 Å². The Hall–Kier alpha value is -2.02. The van der Waals surface area contributed by atoms with E-state index in [9.17, 15) is 18.0 Å². The summed E-state index contributed by atoms with van der Waals surface area (Å²) < 4.78 is 49.1. The first-order valence-corrected chi connectivity index (χ1v) is 7.76. The first-order chi connectivity index (χ1) is 11.4. The van der Waals surface area contributed by atoms with E-state index in [1.165, 1.54) is 13.2 Å². The molecule has 1 atom stereocenters. The number of methoxy groups -OCH3 is 1. The Bertz CT molecular complexity index is 785. The van der Waals surface area contributed by atoms with Crippen LogP contribution in [0.25, 0.3) is 11.0 Å². The third-order valence-corrected chi connectivity index (χ3v) is 4.40. The predicted molar refractivity (Wildman–Crippen MR) is 83.1 cm³/mol. The fourth-order valence-corrected chi connectivity index (χ4v) is 3.18. The molecule has 1 aromatic heterocycles. The van der Waals surface area contributed by atoms with Gasteiger partial charge in [0.25, 0.3) is 0 Å². The fourth-order valence-electron chi connectivity index (χ4n) is 3.18. The average Bonchev–Trinajstić information content (AvgIpc) is 2.53. The summed E-state index contributed by atoms with van der Waals surface area (Å²) in [5, 5.41) is 0.713. The Morgan fingerprint density at radius 2 is 2.12 bits per heavy atom. The topological polar surface area (TPSA) is 42.7 Å². The molecular formula is C17H18F3NO3. The lowest BCUT2D eigenvalue weighted by atomic mass is 9.97. The summed E-state index contributed by atoms with van der Waals surface area (Å²) in [7, 11) is 1.51. The minimum Gasteiger partial charge on any atom is -0.497 e. The highest BCUT2D eigenvalue weighted by molar-refractivity contribution is 5.81.